The molecule has 1 atom stereocenters. The monoisotopic (exact) mass is 360 g/mol. The number of thioether (sulfide) groups is 1. The number of pyridine rings is 1. The van der Waals surface area contributed by atoms with Crippen molar-refractivity contribution >= 4 is 29.4 Å². The van der Waals surface area contributed by atoms with Crippen molar-refractivity contribution in [2.45, 2.75) is 18.7 Å². The van der Waals surface area contributed by atoms with Gasteiger partial charge in [-0.15, -0.1) is 23.4 Å². The van der Waals surface area contributed by atoms with Crippen LogP contribution in [0.15, 0.2) is 48.3 Å². The molecule has 5 heteroatoms. The van der Waals surface area contributed by atoms with Crippen LogP contribution in [-0.4, -0.2) is 23.2 Å². The number of nitrogens with zero attached hydrogens (tertiary/aromatic N) is 1. The van der Waals surface area contributed by atoms with Crippen LogP contribution in [-0.2, 0) is 6.42 Å². The quantitative estimate of drug-likeness (QED) is 0.761. The number of hydrogen-bond acceptors (Lipinski definition) is 4. The van der Waals surface area contributed by atoms with E-state index in [2.05, 4.69) is 41.5 Å². The number of rotatable bonds is 6. The Morgan fingerprint density at radius 1 is 1.29 bits per heavy atom. The van der Waals surface area contributed by atoms with Crippen molar-refractivity contribution in [3.63, 3.8) is 0 Å². The highest BCUT2D eigenvalue weighted by atomic mass is 35.5. The van der Waals surface area contributed by atoms with E-state index in [4.69, 9.17) is 16.3 Å². The third kappa shape index (κ3) is 4.68. The van der Waals surface area contributed by atoms with E-state index >= 15 is 0 Å². The largest absolute Gasteiger partial charge is 0.492 e. The molecule has 1 aliphatic heterocycles. The van der Waals surface area contributed by atoms with E-state index in [-0.39, 0.29) is 5.38 Å². The molecular weight excluding hydrogens is 340 g/mol. The van der Waals surface area contributed by atoms with E-state index in [1.165, 1.54) is 16.8 Å². The van der Waals surface area contributed by atoms with E-state index in [1.807, 2.05) is 36.2 Å². The Bertz CT molecular complexity index is 678. The third-order valence-electron chi connectivity index (χ3n) is 3.85. The summed E-state index contributed by atoms with van der Waals surface area (Å²) in [5.74, 6) is 2.87. The number of ether oxygens (including phenoxy) is 1. The molecule has 0 amide bonds. The Balaban J connectivity index is 1.54. The van der Waals surface area contributed by atoms with Crippen LogP contribution in [0.5, 0.6) is 5.75 Å². The first kappa shape index (κ1) is 17.2. The zero-order valence-electron chi connectivity index (χ0n) is 13.7. The van der Waals surface area contributed by atoms with Gasteiger partial charge in [0.2, 0.25) is 0 Å². The zero-order valence-corrected chi connectivity index (χ0v) is 15.2. The molecule has 0 bridgehead atoms. The van der Waals surface area contributed by atoms with Crippen LogP contribution in [0.4, 0.5) is 0 Å². The van der Waals surface area contributed by atoms with Crippen LogP contribution in [0.3, 0.4) is 0 Å². The minimum Gasteiger partial charge on any atom is -0.492 e. The molecule has 1 aromatic carbocycles. The number of aryl methyl sites for hydroxylation is 1. The predicted molar refractivity (Wildman–Crippen MR) is 103 cm³/mol. The summed E-state index contributed by atoms with van der Waals surface area (Å²) in [5.41, 5.74) is 4.51. The first-order chi connectivity index (χ1) is 11.7. The Hall–Kier alpha value is -1.65. The van der Waals surface area contributed by atoms with Crippen molar-refractivity contribution in [3.8, 4) is 5.75 Å². The summed E-state index contributed by atoms with van der Waals surface area (Å²) < 4.78 is 5.79. The van der Waals surface area contributed by atoms with Crippen molar-refractivity contribution in [2.75, 3.05) is 18.2 Å². The highest BCUT2D eigenvalue weighted by molar-refractivity contribution is 7.99. The van der Waals surface area contributed by atoms with Gasteiger partial charge in [-0.25, -0.2) is 0 Å². The number of aromatic nitrogens is 1. The summed E-state index contributed by atoms with van der Waals surface area (Å²) in [7, 11) is 0. The third-order valence-corrected chi connectivity index (χ3v) is 5.07. The van der Waals surface area contributed by atoms with Crippen molar-refractivity contribution < 1.29 is 4.74 Å². The predicted octanol–water partition coefficient (Wildman–Crippen LogP) is 4.64. The van der Waals surface area contributed by atoms with E-state index in [0.29, 0.717) is 6.61 Å². The average molecular weight is 361 g/mol. The molecule has 1 N–H and O–H groups in total. The molecule has 0 radical (unpaired) electrons. The molecule has 3 nitrogen and oxygen atoms in total. The van der Waals surface area contributed by atoms with Crippen molar-refractivity contribution in [3.05, 3.63) is 65.1 Å². The van der Waals surface area contributed by atoms with E-state index < -0.39 is 0 Å². The van der Waals surface area contributed by atoms with Crippen LogP contribution < -0.4 is 10.1 Å². The fraction of sp³-hybridized carbons (Fsp3) is 0.316. The second kappa shape index (κ2) is 8.45. The SMILES string of the molecule is CCc1ccc(C(Cl)COc2ccc(/C=C3/CSCN3)cc2)nc1. The molecule has 0 aliphatic carbocycles. The van der Waals surface area contributed by atoms with Gasteiger partial charge in [0.1, 0.15) is 17.7 Å². The normalized spacial score (nSPS) is 16.8. The molecular formula is C19H21ClN2OS. The lowest BCUT2D eigenvalue weighted by Crippen LogP contribution is -2.07. The summed E-state index contributed by atoms with van der Waals surface area (Å²) >= 11 is 8.28. The van der Waals surface area contributed by atoms with Gasteiger partial charge < -0.3 is 10.1 Å². The molecule has 2 heterocycles. The van der Waals surface area contributed by atoms with Gasteiger partial charge in [-0.1, -0.05) is 25.1 Å². The topological polar surface area (TPSA) is 34.1 Å². The Kier molecular flexibility index (Phi) is 6.05. The first-order valence-corrected chi connectivity index (χ1v) is 9.67. The number of alkyl halides is 1. The standard InChI is InChI=1S/C19H21ClN2OS/c1-2-14-5-8-19(21-10-14)18(20)11-23-17-6-3-15(4-7-17)9-16-12-24-13-22-16/h3-10,18,22H,2,11-13H2,1H3/b16-9-. The van der Waals surface area contributed by atoms with Crippen LogP contribution in [0, 0.1) is 0 Å². The number of nitrogens with one attached hydrogen (secondary N) is 1. The second-order valence-electron chi connectivity index (χ2n) is 5.63. The van der Waals surface area contributed by atoms with Crippen LogP contribution in [0.25, 0.3) is 6.08 Å². The Morgan fingerprint density at radius 3 is 2.75 bits per heavy atom. The minimum atomic E-state index is -0.252. The molecule has 0 spiro atoms. The first-order valence-electron chi connectivity index (χ1n) is 8.08. The molecule has 1 saturated heterocycles. The minimum absolute atomic E-state index is 0.252. The average Bonchev–Trinajstić information content (AvgIpc) is 3.14. The molecule has 1 aromatic heterocycles. The van der Waals surface area contributed by atoms with Crippen molar-refractivity contribution in [1.29, 1.82) is 0 Å². The van der Waals surface area contributed by atoms with Gasteiger partial charge in [-0.05, 0) is 41.8 Å². The maximum Gasteiger partial charge on any atom is 0.119 e. The summed E-state index contributed by atoms with van der Waals surface area (Å²) in [4.78, 5) is 4.40. The smallest absolute Gasteiger partial charge is 0.119 e. The fourth-order valence-electron chi connectivity index (χ4n) is 2.40. The van der Waals surface area contributed by atoms with E-state index in [1.54, 1.807) is 0 Å². The molecule has 1 aliphatic rings. The van der Waals surface area contributed by atoms with E-state index in [0.717, 1.165) is 29.5 Å². The van der Waals surface area contributed by atoms with Gasteiger partial charge in [0.05, 0.1) is 11.6 Å². The maximum absolute atomic E-state index is 6.39. The lowest BCUT2D eigenvalue weighted by atomic mass is 10.2. The molecule has 1 fully saturated rings. The Morgan fingerprint density at radius 2 is 2.12 bits per heavy atom. The molecule has 0 saturated carbocycles. The van der Waals surface area contributed by atoms with E-state index in [9.17, 15) is 0 Å². The van der Waals surface area contributed by atoms with Crippen molar-refractivity contribution in [2.24, 2.45) is 0 Å². The number of hydrogen-bond donors (Lipinski definition) is 1. The van der Waals surface area contributed by atoms with Gasteiger partial charge in [0, 0.05) is 17.6 Å². The maximum atomic E-state index is 6.39. The van der Waals surface area contributed by atoms with Gasteiger partial charge in [0.15, 0.2) is 0 Å². The summed E-state index contributed by atoms with van der Waals surface area (Å²) in [6, 6.07) is 12.1. The lowest BCUT2D eigenvalue weighted by molar-refractivity contribution is 0.315. The van der Waals surface area contributed by atoms with Crippen LogP contribution in [0.1, 0.15) is 29.1 Å². The highest BCUT2D eigenvalue weighted by Gasteiger charge is 2.10. The van der Waals surface area contributed by atoms with Gasteiger partial charge in [-0.2, -0.15) is 0 Å². The fourth-order valence-corrected chi connectivity index (χ4v) is 3.38. The van der Waals surface area contributed by atoms with Crippen LogP contribution >= 0.6 is 23.4 Å². The summed E-state index contributed by atoms with van der Waals surface area (Å²) in [5, 5.41) is 3.10. The molecule has 126 valence electrons. The molecule has 2 aromatic rings. The Labute approximate surface area is 152 Å². The number of halogens is 1. The second-order valence-corrected chi connectivity index (χ2v) is 7.14. The lowest BCUT2D eigenvalue weighted by Gasteiger charge is -2.12. The molecule has 1 unspecified atom stereocenters. The van der Waals surface area contributed by atoms with Crippen molar-refractivity contribution in [1.82, 2.24) is 10.3 Å². The number of benzene rings is 1. The summed E-state index contributed by atoms with van der Waals surface area (Å²) in [6.45, 7) is 2.51. The van der Waals surface area contributed by atoms with Crippen LogP contribution in [0.2, 0.25) is 0 Å². The summed E-state index contributed by atoms with van der Waals surface area (Å²) in [6.07, 6.45) is 5.03. The van der Waals surface area contributed by atoms with Gasteiger partial charge in [0.25, 0.3) is 0 Å². The molecule has 3 rings (SSSR count). The van der Waals surface area contributed by atoms with Gasteiger partial charge >= 0.3 is 0 Å². The van der Waals surface area contributed by atoms with Gasteiger partial charge in [-0.3, -0.25) is 4.98 Å². The molecule has 24 heavy (non-hydrogen) atoms. The highest BCUT2D eigenvalue weighted by Crippen LogP contribution is 2.22. The zero-order chi connectivity index (χ0) is 16.8.